The van der Waals surface area contributed by atoms with Crippen LogP contribution in [0.2, 0.25) is 0 Å². The van der Waals surface area contributed by atoms with Gasteiger partial charge in [-0.3, -0.25) is 9.78 Å². The minimum Gasteiger partial charge on any atom is -0.609 e. The van der Waals surface area contributed by atoms with Crippen molar-refractivity contribution in [2.24, 2.45) is 0 Å². The van der Waals surface area contributed by atoms with Gasteiger partial charge in [0.15, 0.2) is 11.5 Å². The Morgan fingerprint density at radius 3 is 2.53 bits per heavy atom. The van der Waals surface area contributed by atoms with E-state index in [-0.39, 0.29) is 10.7 Å². The minimum absolute atomic E-state index is 0.153. The van der Waals surface area contributed by atoms with E-state index in [1.807, 2.05) is 18.2 Å². The van der Waals surface area contributed by atoms with Crippen molar-refractivity contribution in [3.05, 3.63) is 70.2 Å². The lowest BCUT2D eigenvalue weighted by Crippen LogP contribution is -2.19. The minimum atomic E-state index is -1.37. The zero-order chi connectivity index (χ0) is 22.7. The lowest BCUT2D eigenvalue weighted by molar-refractivity contribution is 0.354. The van der Waals surface area contributed by atoms with E-state index in [1.165, 1.54) is 23.7 Å². The Bertz CT molecular complexity index is 1290. The lowest BCUT2D eigenvalue weighted by Gasteiger charge is -2.12. The molecule has 3 heterocycles. The third-order valence-corrected chi connectivity index (χ3v) is 6.22. The molecule has 0 spiro atoms. The number of hydrogen-bond donors (Lipinski definition) is 0. The molecule has 0 aliphatic rings. The van der Waals surface area contributed by atoms with Gasteiger partial charge in [-0.05, 0) is 29.8 Å². The van der Waals surface area contributed by atoms with Crippen LogP contribution in [0.25, 0.3) is 21.8 Å². The first-order chi connectivity index (χ1) is 15.5. The first-order valence-corrected chi connectivity index (χ1v) is 12.0. The van der Waals surface area contributed by atoms with Crippen LogP contribution >= 0.6 is 11.3 Å². The second kappa shape index (κ2) is 9.51. The number of ether oxygens (including phenoxy) is 2. The molecule has 0 N–H and O–H groups in total. The number of aromatic nitrogens is 4. The van der Waals surface area contributed by atoms with E-state index in [2.05, 4.69) is 15.0 Å². The third-order valence-electron chi connectivity index (χ3n) is 4.73. The molecule has 3 aromatic heterocycles. The Morgan fingerprint density at radius 1 is 1.06 bits per heavy atom. The van der Waals surface area contributed by atoms with Gasteiger partial charge in [-0.2, -0.15) is 9.97 Å². The number of thiazole rings is 1. The average Bonchev–Trinajstić information content (AvgIpc) is 3.35. The maximum Gasteiger partial charge on any atom is 0.343 e. The van der Waals surface area contributed by atoms with Crippen LogP contribution in [0.1, 0.15) is 5.56 Å². The molecule has 4 aromatic rings. The predicted molar refractivity (Wildman–Crippen MR) is 124 cm³/mol. The van der Waals surface area contributed by atoms with Crippen molar-refractivity contribution >= 4 is 22.5 Å². The van der Waals surface area contributed by atoms with Crippen LogP contribution in [-0.2, 0) is 17.7 Å². The molecule has 1 aromatic carbocycles. The molecule has 0 saturated heterocycles. The third kappa shape index (κ3) is 4.67. The van der Waals surface area contributed by atoms with E-state index in [4.69, 9.17) is 9.47 Å². The normalized spacial score (nSPS) is 11.9. The average molecular weight is 469 g/mol. The van der Waals surface area contributed by atoms with Gasteiger partial charge in [0.25, 0.3) is 5.56 Å². The van der Waals surface area contributed by atoms with Gasteiger partial charge in [0.1, 0.15) is 6.26 Å². The summed E-state index contributed by atoms with van der Waals surface area (Å²) in [5.41, 5.74) is 4.37. The quantitative estimate of drug-likeness (QED) is 0.303. The van der Waals surface area contributed by atoms with Gasteiger partial charge in [-0.15, -0.1) is 11.3 Å². The van der Waals surface area contributed by atoms with Crippen molar-refractivity contribution in [3.63, 3.8) is 0 Å². The summed E-state index contributed by atoms with van der Waals surface area (Å²) in [6.45, 7) is 0.340. The van der Waals surface area contributed by atoms with Crippen LogP contribution in [0.3, 0.4) is 0 Å². The topological polar surface area (TPSA) is 102 Å². The maximum absolute atomic E-state index is 12.5. The number of rotatable bonds is 7. The fourth-order valence-electron chi connectivity index (χ4n) is 3.15. The molecule has 0 amide bonds. The fourth-order valence-corrected chi connectivity index (χ4v) is 4.19. The van der Waals surface area contributed by atoms with Crippen LogP contribution in [0.15, 0.2) is 64.3 Å². The molecule has 0 aliphatic heterocycles. The van der Waals surface area contributed by atoms with Gasteiger partial charge >= 0.3 is 5.16 Å². The molecule has 0 radical (unpaired) electrons. The van der Waals surface area contributed by atoms with Crippen molar-refractivity contribution in [1.29, 1.82) is 0 Å². The van der Waals surface area contributed by atoms with Gasteiger partial charge < -0.3 is 18.6 Å². The van der Waals surface area contributed by atoms with Crippen molar-refractivity contribution in [2.45, 2.75) is 11.7 Å². The van der Waals surface area contributed by atoms with E-state index in [9.17, 15) is 9.35 Å². The molecular weight excluding hydrogens is 448 g/mol. The van der Waals surface area contributed by atoms with E-state index in [0.29, 0.717) is 35.0 Å². The monoisotopic (exact) mass is 468 g/mol. The van der Waals surface area contributed by atoms with E-state index in [0.717, 1.165) is 10.4 Å². The van der Waals surface area contributed by atoms with Gasteiger partial charge in [-0.25, -0.2) is 0 Å². The molecule has 164 valence electrons. The SMILES string of the molecule is COc1ccc(Cn2cc(-c3cc(-c4cncs4)nc([S+](C)[O-])n3)ccc2=O)cc1OC. The summed E-state index contributed by atoms with van der Waals surface area (Å²) < 4.78 is 24.4. The molecule has 4 rings (SSSR count). The van der Waals surface area contributed by atoms with Crippen molar-refractivity contribution < 1.29 is 14.0 Å². The summed E-state index contributed by atoms with van der Waals surface area (Å²) >= 11 is 0.0710. The highest BCUT2D eigenvalue weighted by atomic mass is 32.2. The number of pyridine rings is 1. The van der Waals surface area contributed by atoms with E-state index < -0.39 is 11.2 Å². The zero-order valence-electron chi connectivity index (χ0n) is 17.6. The molecule has 1 atom stereocenters. The van der Waals surface area contributed by atoms with Crippen molar-refractivity contribution in [2.75, 3.05) is 20.5 Å². The van der Waals surface area contributed by atoms with Gasteiger partial charge in [0.05, 0.1) is 42.5 Å². The number of benzene rings is 1. The largest absolute Gasteiger partial charge is 0.609 e. The van der Waals surface area contributed by atoms with Gasteiger partial charge in [-0.1, -0.05) is 6.07 Å². The van der Waals surface area contributed by atoms with Crippen molar-refractivity contribution in [3.8, 4) is 33.3 Å². The summed E-state index contributed by atoms with van der Waals surface area (Å²) in [5, 5.41) is 0.226. The molecule has 10 heteroatoms. The number of methoxy groups -OCH3 is 2. The molecule has 0 saturated carbocycles. The zero-order valence-corrected chi connectivity index (χ0v) is 19.3. The second-order valence-corrected chi connectivity index (χ2v) is 8.97. The molecule has 8 nitrogen and oxygen atoms in total. The molecule has 1 unspecified atom stereocenters. The van der Waals surface area contributed by atoms with E-state index in [1.54, 1.807) is 48.8 Å². The van der Waals surface area contributed by atoms with Crippen LogP contribution in [0, 0.1) is 0 Å². The van der Waals surface area contributed by atoms with E-state index >= 15 is 0 Å². The van der Waals surface area contributed by atoms with Crippen LogP contribution in [-0.4, -0.2) is 44.5 Å². The summed E-state index contributed by atoms with van der Waals surface area (Å²) in [6.07, 6.45) is 4.98. The second-order valence-electron chi connectivity index (χ2n) is 6.81. The first-order valence-electron chi connectivity index (χ1n) is 9.51. The Morgan fingerprint density at radius 2 is 1.84 bits per heavy atom. The molecule has 0 bridgehead atoms. The summed E-state index contributed by atoms with van der Waals surface area (Å²) in [7, 11) is 3.14. The van der Waals surface area contributed by atoms with Gasteiger partial charge in [0, 0.05) is 35.2 Å². The summed E-state index contributed by atoms with van der Waals surface area (Å²) in [5.74, 6) is 1.21. The Hall–Kier alpha value is -3.21. The van der Waals surface area contributed by atoms with Crippen LogP contribution in [0.4, 0.5) is 0 Å². The molecular formula is C22H20N4O4S2. The molecule has 32 heavy (non-hydrogen) atoms. The Balaban J connectivity index is 1.74. The maximum atomic E-state index is 12.5. The Labute approximate surface area is 191 Å². The molecule has 0 aliphatic carbocycles. The lowest BCUT2D eigenvalue weighted by atomic mass is 10.1. The first kappa shape index (κ1) is 22.0. The smallest absolute Gasteiger partial charge is 0.343 e. The highest BCUT2D eigenvalue weighted by Gasteiger charge is 2.16. The van der Waals surface area contributed by atoms with Crippen LogP contribution in [0.5, 0.6) is 11.5 Å². The summed E-state index contributed by atoms with van der Waals surface area (Å²) in [4.78, 5) is 26.3. The van der Waals surface area contributed by atoms with Crippen molar-refractivity contribution in [1.82, 2.24) is 19.5 Å². The summed E-state index contributed by atoms with van der Waals surface area (Å²) in [6, 6.07) is 10.5. The highest BCUT2D eigenvalue weighted by molar-refractivity contribution is 7.90. The van der Waals surface area contributed by atoms with Crippen LogP contribution < -0.4 is 15.0 Å². The molecule has 0 fully saturated rings. The van der Waals surface area contributed by atoms with Gasteiger partial charge in [0.2, 0.25) is 0 Å². The Kier molecular flexibility index (Phi) is 6.54. The highest BCUT2D eigenvalue weighted by Crippen LogP contribution is 2.29. The number of hydrogen-bond acceptors (Lipinski definition) is 8. The standard InChI is InChI=1S/C22H20N4O4S2/c1-29-18-6-4-14(8-19(18)30-2)11-26-12-15(5-7-21(26)27)16-9-17(20-10-23-13-31-20)25-22(24-16)32(3)28/h4-10,12-13H,11H2,1-3H3. The predicted octanol–water partition coefficient (Wildman–Crippen LogP) is 3.23. The number of nitrogens with zero attached hydrogens (tertiary/aromatic N) is 4. The fraction of sp³-hybridized carbons (Fsp3) is 0.182.